The second-order valence-corrected chi connectivity index (χ2v) is 5.71. The van der Waals surface area contributed by atoms with Crippen molar-refractivity contribution in [2.75, 3.05) is 5.75 Å². The van der Waals surface area contributed by atoms with Crippen molar-refractivity contribution in [3.63, 3.8) is 0 Å². The first-order valence-corrected chi connectivity index (χ1v) is 7.94. The van der Waals surface area contributed by atoms with Gasteiger partial charge in [0, 0.05) is 11.9 Å². The molecule has 5 heteroatoms. The van der Waals surface area contributed by atoms with Crippen molar-refractivity contribution >= 4 is 28.6 Å². The highest BCUT2D eigenvalue weighted by Crippen LogP contribution is 2.23. The highest BCUT2D eigenvalue weighted by molar-refractivity contribution is 8.00. The summed E-state index contributed by atoms with van der Waals surface area (Å²) in [4.78, 5) is 20.4. The highest BCUT2D eigenvalue weighted by Gasteiger charge is 2.07. The number of thioether (sulfide) groups is 1. The first-order chi connectivity index (χ1) is 10.8. The molecule has 22 heavy (non-hydrogen) atoms. The molecule has 0 unspecified atom stereocenters. The second-order valence-electron chi connectivity index (χ2n) is 4.75. The van der Waals surface area contributed by atoms with Crippen LogP contribution in [0.4, 0.5) is 0 Å². The van der Waals surface area contributed by atoms with Crippen LogP contribution >= 0.6 is 11.8 Å². The molecular weight excluding hydrogens is 294 g/mol. The number of para-hydroxylation sites is 1. The van der Waals surface area contributed by atoms with Crippen molar-refractivity contribution in [2.24, 2.45) is 0 Å². The summed E-state index contributed by atoms with van der Waals surface area (Å²) in [6.07, 6.45) is 1.53. The molecule has 1 aromatic heterocycles. The van der Waals surface area contributed by atoms with Gasteiger partial charge in [0.15, 0.2) is 0 Å². The summed E-state index contributed by atoms with van der Waals surface area (Å²) in [6, 6.07) is 17.7. The van der Waals surface area contributed by atoms with Crippen LogP contribution in [0.1, 0.15) is 5.56 Å². The number of amides is 1. The van der Waals surface area contributed by atoms with E-state index in [2.05, 4.69) is 15.3 Å². The van der Waals surface area contributed by atoms with E-state index in [1.165, 1.54) is 18.1 Å². The Morgan fingerprint density at radius 2 is 1.77 bits per heavy atom. The summed E-state index contributed by atoms with van der Waals surface area (Å²) in [5, 5.41) is 4.73. The highest BCUT2D eigenvalue weighted by atomic mass is 32.2. The number of nitrogens with zero attached hydrogens (tertiary/aromatic N) is 2. The van der Waals surface area contributed by atoms with Gasteiger partial charge in [-0.2, -0.15) is 0 Å². The van der Waals surface area contributed by atoms with Crippen molar-refractivity contribution in [3.8, 4) is 0 Å². The Morgan fingerprint density at radius 3 is 2.64 bits per heavy atom. The van der Waals surface area contributed by atoms with Crippen molar-refractivity contribution in [2.45, 2.75) is 11.6 Å². The van der Waals surface area contributed by atoms with Gasteiger partial charge in [-0.15, -0.1) is 0 Å². The molecule has 3 aromatic rings. The van der Waals surface area contributed by atoms with Crippen LogP contribution in [0.3, 0.4) is 0 Å². The molecule has 0 saturated heterocycles. The van der Waals surface area contributed by atoms with Crippen LogP contribution in [0.5, 0.6) is 0 Å². The average molecular weight is 309 g/mol. The predicted molar refractivity (Wildman–Crippen MR) is 88.6 cm³/mol. The lowest BCUT2D eigenvalue weighted by Crippen LogP contribution is -2.24. The normalized spacial score (nSPS) is 10.5. The van der Waals surface area contributed by atoms with Crippen LogP contribution in [0.25, 0.3) is 10.9 Å². The number of aromatic nitrogens is 2. The lowest BCUT2D eigenvalue weighted by Gasteiger charge is -2.06. The van der Waals surface area contributed by atoms with E-state index >= 15 is 0 Å². The van der Waals surface area contributed by atoms with Crippen molar-refractivity contribution in [3.05, 3.63) is 66.5 Å². The van der Waals surface area contributed by atoms with Gasteiger partial charge in [0.1, 0.15) is 11.4 Å². The number of benzene rings is 2. The van der Waals surface area contributed by atoms with Crippen LogP contribution < -0.4 is 5.32 Å². The van der Waals surface area contributed by atoms with Crippen molar-refractivity contribution < 1.29 is 4.79 Å². The first kappa shape index (κ1) is 14.5. The summed E-state index contributed by atoms with van der Waals surface area (Å²) < 4.78 is 0. The molecule has 4 nitrogen and oxygen atoms in total. The van der Waals surface area contributed by atoms with E-state index in [0.717, 1.165) is 21.5 Å². The fourth-order valence-electron chi connectivity index (χ4n) is 2.08. The van der Waals surface area contributed by atoms with Gasteiger partial charge in [-0.3, -0.25) is 4.79 Å². The molecule has 0 radical (unpaired) electrons. The van der Waals surface area contributed by atoms with E-state index < -0.39 is 0 Å². The fourth-order valence-corrected chi connectivity index (χ4v) is 2.90. The van der Waals surface area contributed by atoms with Gasteiger partial charge in [-0.05, 0) is 11.6 Å². The quantitative estimate of drug-likeness (QED) is 0.581. The van der Waals surface area contributed by atoms with Crippen LogP contribution in [0.15, 0.2) is 66.0 Å². The molecule has 0 aliphatic carbocycles. The molecule has 0 fully saturated rings. The SMILES string of the molecule is O=C(CSc1ncnc2ccccc12)NCc1ccccc1. The summed E-state index contributed by atoms with van der Waals surface area (Å²) in [5.41, 5.74) is 1.98. The van der Waals surface area contributed by atoms with Gasteiger partial charge in [-0.1, -0.05) is 60.3 Å². The molecule has 110 valence electrons. The number of nitrogens with one attached hydrogen (secondary N) is 1. The zero-order valence-corrected chi connectivity index (χ0v) is 12.7. The van der Waals surface area contributed by atoms with Crippen LogP contribution in [-0.2, 0) is 11.3 Å². The maximum absolute atomic E-state index is 12.0. The molecule has 0 bridgehead atoms. The smallest absolute Gasteiger partial charge is 0.230 e. The lowest BCUT2D eigenvalue weighted by atomic mass is 10.2. The van der Waals surface area contributed by atoms with Gasteiger partial charge < -0.3 is 5.32 Å². The Kier molecular flexibility index (Phi) is 4.65. The Hall–Kier alpha value is -2.40. The minimum atomic E-state index is -0.00320. The number of hydrogen-bond donors (Lipinski definition) is 1. The second kappa shape index (κ2) is 7.04. The van der Waals surface area contributed by atoms with Gasteiger partial charge in [0.05, 0.1) is 11.3 Å². The maximum Gasteiger partial charge on any atom is 0.230 e. The van der Waals surface area contributed by atoms with Crippen molar-refractivity contribution in [1.29, 1.82) is 0 Å². The van der Waals surface area contributed by atoms with Crippen LogP contribution in [0.2, 0.25) is 0 Å². The first-order valence-electron chi connectivity index (χ1n) is 6.96. The monoisotopic (exact) mass is 309 g/mol. The number of rotatable bonds is 5. The molecule has 0 saturated carbocycles. The van der Waals surface area contributed by atoms with E-state index in [1.54, 1.807) is 0 Å². The third-order valence-corrected chi connectivity index (χ3v) is 4.18. The standard InChI is InChI=1S/C17H15N3OS/c21-16(18-10-13-6-2-1-3-7-13)11-22-17-14-8-4-5-9-15(14)19-12-20-17/h1-9,12H,10-11H2,(H,18,21). The molecular formula is C17H15N3OS. The van der Waals surface area contributed by atoms with E-state index in [9.17, 15) is 4.79 Å². The lowest BCUT2D eigenvalue weighted by molar-refractivity contribution is -0.118. The largest absolute Gasteiger partial charge is 0.351 e. The molecule has 0 atom stereocenters. The summed E-state index contributed by atoms with van der Waals surface area (Å²) >= 11 is 1.43. The number of carbonyl (C=O) groups is 1. The van der Waals surface area contributed by atoms with E-state index in [1.807, 2.05) is 54.6 Å². The molecule has 0 spiro atoms. The third kappa shape index (κ3) is 3.62. The Morgan fingerprint density at radius 1 is 1.00 bits per heavy atom. The maximum atomic E-state index is 12.0. The molecule has 3 rings (SSSR count). The molecule has 1 N–H and O–H groups in total. The van der Waals surface area contributed by atoms with Crippen LogP contribution in [0, 0.1) is 0 Å². The van der Waals surface area contributed by atoms with Gasteiger partial charge >= 0.3 is 0 Å². The Labute approximate surface area is 133 Å². The zero-order chi connectivity index (χ0) is 15.2. The third-order valence-electron chi connectivity index (χ3n) is 3.18. The van der Waals surface area contributed by atoms with Gasteiger partial charge in [-0.25, -0.2) is 9.97 Å². The van der Waals surface area contributed by atoms with Crippen molar-refractivity contribution in [1.82, 2.24) is 15.3 Å². The number of carbonyl (C=O) groups excluding carboxylic acids is 1. The predicted octanol–water partition coefficient (Wildman–Crippen LogP) is 3.04. The van der Waals surface area contributed by atoms with E-state index in [0.29, 0.717) is 12.3 Å². The Balaban J connectivity index is 1.58. The summed E-state index contributed by atoms with van der Waals surface area (Å²) in [6.45, 7) is 0.546. The summed E-state index contributed by atoms with van der Waals surface area (Å²) in [5.74, 6) is 0.338. The average Bonchev–Trinajstić information content (AvgIpc) is 2.59. The fraction of sp³-hybridized carbons (Fsp3) is 0.118. The van der Waals surface area contributed by atoms with Crippen LogP contribution in [-0.4, -0.2) is 21.6 Å². The molecule has 0 aliphatic rings. The molecule has 1 heterocycles. The minimum absolute atomic E-state index is 0.00320. The summed E-state index contributed by atoms with van der Waals surface area (Å²) in [7, 11) is 0. The molecule has 2 aromatic carbocycles. The molecule has 0 aliphatic heterocycles. The Bertz CT molecular complexity index is 772. The van der Waals surface area contributed by atoms with E-state index in [4.69, 9.17) is 0 Å². The zero-order valence-electron chi connectivity index (χ0n) is 11.9. The number of fused-ring (bicyclic) bond motifs is 1. The van der Waals surface area contributed by atoms with E-state index in [-0.39, 0.29) is 5.91 Å². The topological polar surface area (TPSA) is 54.9 Å². The number of hydrogen-bond acceptors (Lipinski definition) is 4. The van der Waals surface area contributed by atoms with Gasteiger partial charge in [0.2, 0.25) is 5.91 Å². The molecule has 1 amide bonds. The van der Waals surface area contributed by atoms with Gasteiger partial charge in [0.25, 0.3) is 0 Å². The minimum Gasteiger partial charge on any atom is -0.351 e.